The Kier molecular flexibility index (Phi) is 5.57. The maximum absolute atomic E-state index is 11.9. The number of rotatable bonds is 6. The molecule has 2 aromatic heterocycles. The van der Waals surface area contributed by atoms with Gasteiger partial charge in [0.1, 0.15) is 5.82 Å². The van der Waals surface area contributed by atoms with Crippen molar-refractivity contribution in [1.29, 1.82) is 0 Å². The molecular formula is C16H24N6OS. The Labute approximate surface area is 145 Å². The zero-order valence-electron chi connectivity index (χ0n) is 14.2. The minimum Gasteiger partial charge on any atom is -0.359 e. The summed E-state index contributed by atoms with van der Waals surface area (Å²) in [4.78, 5) is 18.7. The number of nitrogens with zero attached hydrogens (tertiary/aromatic N) is 5. The lowest BCUT2D eigenvalue weighted by Crippen LogP contribution is -2.45. The molecule has 1 unspecified atom stereocenters. The van der Waals surface area contributed by atoms with Gasteiger partial charge in [0, 0.05) is 36.7 Å². The van der Waals surface area contributed by atoms with Crippen molar-refractivity contribution < 1.29 is 0 Å². The predicted octanol–water partition coefficient (Wildman–Crippen LogP) is 1.68. The summed E-state index contributed by atoms with van der Waals surface area (Å²) in [5.74, 6) is 0.813. The first kappa shape index (κ1) is 17.0. The fraction of sp³-hybridized carbons (Fsp3) is 0.625. The normalized spacial score (nSPS) is 18.7. The van der Waals surface area contributed by atoms with Crippen LogP contribution in [0.1, 0.15) is 30.8 Å². The molecule has 2 aromatic rings. The first-order chi connectivity index (χ1) is 11.6. The van der Waals surface area contributed by atoms with Crippen LogP contribution in [-0.4, -0.2) is 49.7 Å². The minimum absolute atomic E-state index is 0.0309. The lowest BCUT2D eigenvalue weighted by Gasteiger charge is -2.35. The van der Waals surface area contributed by atoms with E-state index in [1.54, 1.807) is 16.8 Å². The smallest absolute Gasteiger partial charge is 0.266 e. The van der Waals surface area contributed by atoms with Crippen molar-refractivity contribution in [3.05, 3.63) is 34.0 Å². The van der Waals surface area contributed by atoms with Crippen LogP contribution in [0.2, 0.25) is 0 Å². The van der Waals surface area contributed by atoms with Gasteiger partial charge < -0.3 is 5.32 Å². The number of nitrogens with one attached hydrogen (secondary N) is 1. The van der Waals surface area contributed by atoms with Crippen molar-refractivity contribution >= 4 is 16.7 Å². The Hall–Kier alpha value is -1.80. The molecule has 3 rings (SSSR count). The second kappa shape index (κ2) is 7.85. The Balaban J connectivity index is 1.57. The summed E-state index contributed by atoms with van der Waals surface area (Å²) in [6.07, 6.45) is 3.63. The standard InChI is InChI=1S/C16H24N6OS/c1-12-6-7-15(23)22(19-12)10-9-21-8-4-3-5-14(21)11-17-16-18-13(2)20-24-16/h6-7,14H,3-5,8-11H2,1-2H3,(H,17,18,20). The molecule has 1 atom stereocenters. The molecule has 7 nitrogen and oxygen atoms in total. The topological polar surface area (TPSA) is 75.9 Å². The van der Waals surface area contributed by atoms with Crippen LogP contribution in [0.4, 0.5) is 5.13 Å². The van der Waals surface area contributed by atoms with Crippen LogP contribution < -0.4 is 10.9 Å². The summed E-state index contributed by atoms with van der Waals surface area (Å²) >= 11 is 1.41. The Morgan fingerprint density at radius 1 is 1.29 bits per heavy atom. The molecule has 0 aliphatic carbocycles. The molecule has 1 aliphatic heterocycles. The highest BCUT2D eigenvalue weighted by Crippen LogP contribution is 2.18. The van der Waals surface area contributed by atoms with Crippen LogP contribution in [0.25, 0.3) is 0 Å². The summed E-state index contributed by atoms with van der Waals surface area (Å²) < 4.78 is 5.77. The third kappa shape index (κ3) is 4.39. The highest BCUT2D eigenvalue weighted by Gasteiger charge is 2.22. The third-order valence-corrected chi connectivity index (χ3v) is 5.13. The number of aromatic nitrogens is 4. The number of aryl methyl sites for hydroxylation is 2. The summed E-state index contributed by atoms with van der Waals surface area (Å²) in [6.45, 7) is 7.23. The number of anilines is 1. The van der Waals surface area contributed by atoms with Crippen LogP contribution in [0.5, 0.6) is 0 Å². The van der Waals surface area contributed by atoms with E-state index in [4.69, 9.17) is 0 Å². The summed E-state index contributed by atoms with van der Waals surface area (Å²) in [5, 5.41) is 8.61. The molecule has 0 aromatic carbocycles. The van der Waals surface area contributed by atoms with Crippen LogP contribution >= 0.6 is 11.5 Å². The lowest BCUT2D eigenvalue weighted by atomic mass is 10.0. The van der Waals surface area contributed by atoms with Crippen molar-refractivity contribution in [3.8, 4) is 0 Å². The molecule has 1 N–H and O–H groups in total. The van der Waals surface area contributed by atoms with Gasteiger partial charge in [0.2, 0.25) is 5.13 Å². The van der Waals surface area contributed by atoms with Crippen LogP contribution in [0.3, 0.4) is 0 Å². The van der Waals surface area contributed by atoms with Gasteiger partial charge in [-0.15, -0.1) is 0 Å². The molecule has 0 radical (unpaired) electrons. The summed E-state index contributed by atoms with van der Waals surface area (Å²) in [5.41, 5.74) is 0.842. The van der Waals surface area contributed by atoms with E-state index in [0.29, 0.717) is 12.6 Å². The molecule has 1 aliphatic rings. The SMILES string of the molecule is Cc1ccc(=O)n(CCN2CCCCC2CNc2nc(C)ns2)n1. The zero-order valence-corrected chi connectivity index (χ0v) is 15.1. The van der Waals surface area contributed by atoms with Gasteiger partial charge >= 0.3 is 0 Å². The van der Waals surface area contributed by atoms with E-state index in [0.717, 1.165) is 36.3 Å². The molecule has 0 bridgehead atoms. The van der Waals surface area contributed by atoms with Crippen LogP contribution in [0.15, 0.2) is 16.9 Å². The second-order valence-corrected chi connectivity index (χ2v) is 7.00. The van der Waals surface area contributed by atoms with Gasteiger partial charge in [-0.05, 0) is 39.3 Å². The van der Waals surface area contributed by atoms with E-state index in [2.05, 4.69) is 24.7 Å². The van der Waals surface area contributed by atoms with E-state index in [-0.39, 0.29) is 5.56 Å². The fourth-order valence-corrected chi connectivity index (χ4v) is 3.67. The predicted molar refractivity (Wildman–Crippen MR) is 95.6 cm³/mol. The van der Waals surface area contributed by atoms with Crippen molar-refractivity contribution in [2.75, 3.05) is 25.0 Å². The van der Waals surface area contributed by atoms with Crippen molar-refractivity contribution in [2.24, 2.45) is 0 Å². The quantitative estimate of drug-likeness (QED) is 0.856. The zero-order chi connectivity index (χ0) is 16.9. The molecule has 8 heteroatoms. The molecule has 1 fully saturated rings. The number of likely N-dealkylation sites (tertiary alicyclic amines) is 1. The lowest BCUT2D eigenvalue weighted by molar-refractivity contribution is 0.148. The molecule has 1 saturated heterocycles. The molecule has 24 heavy (non-hydrogen) atoms. The Bertz CT molecular complexity index is 727. The van der Waals surface area contributed by atoms with Crippen LogP contribution in [0, 0.1) is 13.8 Å². The summed E-state index contributed by atoms with van der Waals surface area (Å²) in [6, 6.07) is 3.81. The molecule has 130 valence electrons. The monoisotopic (exact) mass is 348 g/mol. The van der Waals surface area contributed by atoms with Crippen molar-refractivity contribution in [3.63, 3.8) is 0 Å². The molecule has 0 saturated carbocycles. The van der Waals surface area contributed by atoms with Gasteiger partial charge in [0.15, 0.2) is 0 Å². The highest BCUT2D eigenvalue weighted by molar-refractivity contribution is 7.09. The molecular weight excluding hydrogens is 324 g/mol. The largest absolute Gasteiger partial charge is 0.359 e. The van der Waals surface area contributed by atoms with Gasteiger partial charge in [0.25, 0.3) is 5.56 Å². The molecule has 0 spiro atoms. The number of hydrogen-bond donors (Lipinski definition) is 1. The van der Waals surface area contributed by atoms with Gasteiger partial charge in [-0.3, -0.25) is 9.69 Å². The van der Waals surface area contributed by atoms with Crippen LogP contribution in [-0.2, 0) is 6.54 Å². The number of hydrogen-bond acceptors (Lipinski definition) is 7. The van der Waals surface area contributed by atoms with E-state index < -0.39 is 0 Å². The van der Waals surface area contributed by atoms with Gasteiger partial charge in [-0.2, -0.15) is 9.47 Å². The van der Waals surface area contributed by atoms with Crippen molar-refractivity contribution in [1.82, 2.24) is 24.0 Å². The van der Waals surface area contributed by atoms with E-state index in [9.17, 15) is 4.79 Å². The first-order valence-corrected chi connectivity index (χ1v) is 9.22. The first-order valence-electron chi connectivity index (χ1n) is 8.45. The van der Waals surface area contributed by atoms with Gasteiger partial charge in [0.05, 0.1) is 12.2 Å². The van der Waals surface area contributed by atoms with E-state index >= 15 is 0 Å². The minimum atomic E-state index is -0.0309. The maximum atomic E-state index is 11.9. The van der Waals surface area contributed by atoms with Gasteiger partial charge in [-0.25, -0.2) is 9.67 Å². The Morgan fingerprint density at radius 3 is 2.96 bits per heavy atom. The average molecular weight is 348 g/mol. The molecule has 3 heterocycles. The van der Waals surface area contributed by atoms with E-state index in [1.165, 1.54) is 30.8 Å². The van der Waals surface area contributed by atoms with E-state index in [1.807, 2.05) is 13.8 Å². The second-order valence-electron chi connectivity index (χ2n) is 6.25. The third-order valence-electron chi connectivity index (χ3n) is 4.36. The Morgan fingerprint density at radius 2 is 2.17 bits per heavy atom. The fourth-order valence-electron chi connectivity index (χ4n) is 3.09. The summed E-state index contributed by atoms with van der Waals surface area (Å²) in [7, 11) is 0. The maximum Gasteiger partial charge on any atom is 0.266 e. The number of piperidine rings is 1. The highest BCUT2D eigenvalue weighted by atomic mass is 32.1. The molecule has 0 amide bonds. The van der Waals surface area contributed by atoms with Crippen molar-refractivity contribution in [2.45, 2.75) is 45.7 Å². The average Bonchev–Trinajstić information content (AvgIpc) is 3.00. The van der Waals surface area contributed by atoms with Gasteiger partial charge in [-0.1, -0.05) is 6.42 Å².